The maximum absolute atomic E-state index is 14.2. The van der Waals surface area contributed by atoms with Crippen molar-refractivity contribution >= 4 is 15.7 Å². The Bertz CT molecular complexity index is 1100. The van der Waals surface area contributed by atoms with Crippen LogP contribution < -0.4 is 15.8 Å². The van der Waals surface area contributed by atoms with Gasteiger partial charge in [0, 0.05) is 36.7 Å². The molecule has 8 nitrogen and oxygen atoms in total. The van der Waals surface area contributed by atoms with Crippen molar-refractivity contribution in [2.75, 3.05) is 6.26 Å². The number of amides is 1. The second-order valence-corrected chi connectivity index (χ2v) is 9.11. The van der Waals surface area contributed by atoms with E-state index in [-0.39, 0.29) is 29.8 Å². The quantitative estimate of drug-likeness (QED) is 0.471. The molecule has 30 heavy (non-hydrogen) atoms. The van der Waals surface area contributed by atoms with Crippen LogP contribution >= 0.6 is 0 Å². The molecule has 0 aliphatic heterocycles. The van der Waals surface area contributed by atoms with Gasteiger partial charge in [-0.1, -0.05) is 0 Å². The molecule has 0 saturated heterocycles. The number of rotatable bonds is 8. The average molecular weight is 448 g/mol. The molecule has 1 atom stereocenters. The van der Waals surface area contributed by atoms with Crippen molar-refractivity contribution in [3.63, 3.8) is 0 Å². The number of aryl methyl sites for hydroxylation is 1. The topological polar surface area (TPSA) is 115 Å². The first-order valence-electron chi connectivity index (χ1n) is 8.48. The van der Waals surface area contributed by atoms with E-state index in [4.69, 9.17) is 5.21 Å². The summed E-state index contributed by atoms with van der Waals surface area (Å²) in [4.78, 5) is 24.2. The third-order valence-corrected chi connectivity index (χ3v) is 6.73. The molecule has 0 radical (unpaired) electrons. The third-order valence-electron chi connectivity index (χ3n) is 4.70. The van der Waals surface area contributed by atoms with Gasteiger partial charge in [0.15, 0.2) is 14.6 Å². The molecule has 0 fully saturated rings. The van der Waals surface area contributed by atoms with Crippen LogP contribution in [0, 0.1) is 5.82 Å². The molecule has 1 aromatic heterocycles. The van der Waals surface area contributed by atoms with E-state index < -0.39 is 38.5 Å². The molecule has 2 rings (SSSR count). The number of carbonyl (C=O) groups excluding carboxylic acids is 1. The Hall–Kier alpha value is -2.86. The molecule has 0 bridgehead atoms. The van der Waals surface area contributed by atoms with Crippen molar-refractivity contribution in [3.8, 4) is 16.9 Å². The van der Waals surface area contributed by atoms with Gasteiger partial charge in [0.05, 0.1) is 0 Å². The highest BCUT2D eigenvalue weighted by Gasteiger charge is 2.43. The zero-order valence-corrected chi connectivity index (χ0v) is 16.7. The van der Waals surface area contributed by atoms with Crippen LogP contribution in [0.3, 0.4) is 0 Å². The lowest BCUT2D eigenvalue weighted by molar-refractivity contribution is -0.131. The molecule has 0 aliphatic rings. The number of aromatic nitrogens is 1. The van der Waals surface area contributed by atoms with Crippen molar-refractivity contribution in [1.29, 1.82) is 0 Å². The zero-order valence-electron chi connectivity index (χ0n) is 15.9. The summed E-state index contributed by atoms with van der Waals surface area (Å²) >= 11 is 0. The van der Waals surface area contributed by atoms with Gasteiger partial charge in [-0.2, -0.15) is 8.78 Å². The number of nitrogens with zero attached hydrogens (tertiary/aromatic N) is 1. The smallest absolute Gasteiger partial charge is 0.387 e. The lowest BCUT2D eigenvalue weighted by atomic mass is 10.1. The number of sulfone groups is 1. The van der Waals surface area contributed by atoms with Crippen molar-refractivity contribution in [3.05, 3.63) is 52.7 Å². The highest BCUT2D eigenvalue weighted by atomic mass is 32.2. The van der Waals surface area contributed by atoms with Crippen molar-refractivity contribution in [2.45, 2.75) is 31.2 Å². The van der Waals surface area contributed by atoms with Crippen LogP contribution in [-0.2, 0) is 21.2 Å². The Morgan fingerprint density at radius 2 is 1.97 bits per heavy atom. The minimum absolute atomic E-state index is 0.0264. The van der Waals surface area contributed by atoms with Crippen LogP contribution in [0.5, 0.6) is 5.75 Å². The fourth-order valence-corrected chi connectivity index (χ4v) is 3.53. The number of alkyl halides is 2. The molecule has 2 N–H and O–H groups in total. The molecule has 2 aromatic rings. The molecule has 0 spiro atoms. The maximum atomic E-state index is 14.2. The Balaban J connectivity index is 2.28. The van der Waals surface area contributed by atoms with E-state index in [1.54, 1.807) is 0 Å². The first kappa shape index (κ1) is 23.4. The lowest BCUT2D eigenvalue weighted by Crippen LogP contribution is -2.49. The van der Waals surface area contributed by atoms with Crippen molar-refractivity contribution < 1.29 is 36.3 Å². The number of hydrogen-bond donors (Lipinski definition) is 2. The molecule has 0 saturated carbocycles. The summed E-state index contributed by atoms with van der Waals surface area (Å²) in [5.41, 5.74) is 0.838. The number of carbonyl (C=O) groups is 1. The van der Waals surface area contributed by atoms with E-state index >= 15 is 0 Å². The average Bonchev–Trinajstić information content (AvgIpc) is 2.64. The van der Waals surface area contributed by atoms with E-state index in [2.05, 4.69) is 4.74 Å². The molecule has 1 unspecified atom stereocenters. The molecule has 1 aromatic carbocycles. The maximum Gasteiger partial charge on any atom is 0.387 e. The van der Waals surface area contributed by atoms with E-state index in [0.717, 1.165) is 35.9 Å². The van der Waals surface area contributed by atoms with Gasteiger partial charge in [0.25, 0.3) is 11.5 Å². The van der Waals surface area contributed by atoms with Gasteiger partial charge in [-0.15, -0.1) is 0 Å². The van der Waals surface area contributed by atoms with Crippen LogP contribution in [0.25, 0.3) is 11.1 Å². The summed E-state index contributed by atoms with van der Waals surface area (Å²) in [5, 5.41) is 8.82. The van der Waals surface area contributed by atoms with Crippen LogP contribution in [0.2, 0.25) is 0 Å². The number of hydrogen-bond acceptors (Lipinski definition) is 6. The lowest BCUT2D eigenvalue weighted by Gasteiger charge is -2.25. The SMILES string of the molecule is CC(CCn1ccc(-c2ccc(OC(F)F)cc2F)cc1=O)(C(=O)NO)S(C)(=O)=O. The first-order chi connectivity index (χ1) is 13.9. The van der Waals surface area contributed by atoms with Crippen LogP contribution in [0.15, 0.2) is 41.3 Å². The Kier molecular flexibility index (Phi) is 6.93. The summed E-state index contributed by atoms with van der Waals surface area (Å²) in [5.74, 6) is -2.39. The Labute approximate surface area is 169 Å². The fraction of sp³-hybridized carbons (Fsp3) is 0.333. The molecule has 164 valence electrons. The van der Waals surface area contributed by atoms with Gasteiger partial charge in [-0.25, -0.2) is 18.3 Å². The summed E-state index contributed by atoms with van der Waals surface area (Å²) in [6.07, 6.45) is 1.80. The molecule has 1 heterocycles. The normalized spacial score (nSPS) is 13.7. The number of pyridine rings is 1. The molecule has 12 heteroatoms. The standard InChI is InChI=1S/C18H19F3N2O6S/c1-18(16(25)22-26,30(2,27)28)6-8-23-7-5-11(9-15(23)24)13-4-3-12(10-14(13)19)29-17(20)21/h3-5,7,9-10,17,26H,6,8H2,1-2H3,(H,22,25). The van der Waals surface area contributed by atoms with Crippen LogP contribution in [0.1, 0.15) is 13.3 Å². The van der Waals surface area contributed by atoms with Gasteiger partial charge in [-0.05, 0) is 37.1 Å². The van der Waals surface area contributed by atoms with E-state index in [0.29, 0.717) is 0 Å². The number of benzene rings is 1. The van der Waals surface area contributed by atoms with Gasteiger partial charge in [-0.3, -0.25) is 14.8 Å². The van der Waals surface area contributed by atoms with Crippen LogP contribution in [0.4, 0.5) is 13.2 Å². The Morgan fingerprint density at radius 3 is 2.47 bits per heavy atom. The second-order valence-electron chi connectivity index (χ2n) is 6.66. The highest BCUT2D eigenvalue weighted by Crippen LogP contribution is 2.26. The molecule has 1 amide bonds. The number of halogens is 3. The number of nitrogens with one attached hydrogen (secondary N) is 1. The van der Waals surface area contributed by atoms with E-state index in [1.165, 1.54) is 23.8 Å². The molecule has 0 aliphatic carbocycles. The zero-order chi connectivity index (χ0) is 22.7. The first-order valence-corrected chi connectivity index (χ1v) is 10.4. The molecular formula is C18H19F3N2O6S. The summed E-state index contributed by atoms with van der Waals surface area (Å²) < 4.78 is 65.8. The second kappa shape index (κ2) is 8.88. The summed E-state index contributed by atoms with van der Waals surface area (Å²) in [7, 11) is -3.93. The van der Waals surface area contributed by atoms with Gasteiger partial charge < -0.3 is 9.30 Å². The monoisotopic (exact) mass is 448 g/mol. The Morgan fingerprint density at radius 1 is 1.30 bits per heavy atom. The van der Waals surface area contributed by atoms with Gasteiger partial charge >= 0.3 is 6.61 Å². The van der Waals surface area contributed by atoms with Crippen molar-refractivity contribution in [2.24, 2.45) is 0 Å². The summed E-state index contributed by atoms with van der Waals surface area (Å²) in [6.45, 7) is -2.17. The minimum Gasteiger partial charge on any atom is -0.435 e. The van der Waals surface area contributed by atoms with Gasteiger partial charge in [0.2, 0.25) is 0 Å². The van der Waals surface area contributed by atoms with E-state index in [9.17, 15) is 31.2 Å². The predicted octanol–water partition coefficient (Wildman–Crippen LogP) is 1.95. The van der Waals surface area contributed by atoms with Crippen molar-refractivity contribution in [1.82, 2.24) is 10.0 Å². The summed E-state index contributed by atoms with van der Waals surface area (Å²) in [6, 6.07) is 5.52. The molecular weight excluding hydrogens is 429 g/mol. The van der Waals surface area contributed by atoms with E-state index in [1.807, 2.05) is 0 Å². The third kappa shape index (κ3) is 5.00. The number of ether oxygens (including phenoxy) is 1. The largest absolute Gasteiger partial charge is 0.435 e. The predicted molar refractivity (Wildman–Crippen MR) is 101 cm³/mol. The van der Waals surface area contributed by atoms with Crippen LogP contribution in [-0.4, -0.2) is 41.7 Å². The fourth-order valence-electron chi connectivity index (χ4n) is 2.69. The van der Waals surface area contributed by atoms with Gasteiger partial charge in [0.1, 0.15) is 11.6 Å². The highest BCUT2D eigenvalue weighted by molar-refractivity contribution is 7.92. The minimum atomic E-state index is -3.93. The number of hydroxylamine groups is 1.